The molecule has 0 spiro atoms. The summed E-state index contributed by atoms with van der Waals surface area (Å²) in [6, 6.07) is 5.56. The van der Waals surface area contributed by atoms with Crippen molar-refractivity contribution < 1.29 is 19.1 Å². The highest BCUT2D eigenvalue weighted by Gasteiger charge is 2.20. The highest BCUT2D eigenvalue weighted by Crippen LogP contribution is 2.23. The number of thioether (sulfide) groups is 1. The van der Waals surface area contributed by atoms with Gasteiger partial charge in [-0.2, -0.15) is 0 Å². The molecule has 1 aromatic carbocycles. The van der Waals surface area contributed by atoms with Crippen molar-refractivity contribution in [2.75, 3.05) is 5.75 Å². The van der Waals surface area contributed by atoms with Crippen LogP contribution in [0.3, 0.4) is 0 Å². The molecule has 0 heterocycles. The van der Waals surface area contributed by atoms with Crippen LogP contribution >= 0.6 is 11.8 Å². The van der Waals surface area contributed by atoms with Crippen LogP contribution < -0.4 is 0 Å². The molecule has 1 unspecified atom stereocenters. The first-order valence-corrected chi connectivity index (χ1v) is 6.11. The lowest BCUT2D eigenvalue weighted by molar-refractivity contribution is -0.138. The Bertz CT molecular complexity index is 420. The molecule has 0 aliphatic rings. The number of rotatable bonds is 5. The number of carboxylic acids is 1. The molecule has 1 aromatic rings. The van der Waals surface area contributed by atoms with Crippen LogP contribution in [0.2, 0.25) is 0 Å². The maximum absolute atomic E-state index is 13.0. The van der Waals surface area contributed by atoms with Gasteiger partial charge in [0.2, 0.25) is 0 Å². The van der Waals surface area contributed by atoms with E-state index >= 15 is 0 Å². The van der Waals surface area contributed by atoms with Crippen molar-refractivity contribution in [2.24, 2.45) is 0 Å². The zero-order valence-electron chi connectivity index (χ0n) is 9.35. The number of hydrogen-bond acceptors (Lipinski definition) is 3. The molecule has 0 aliphatic heterocycles. The van der Waals surface area contributed by atoms with Crippen molar-refractivity contribution in [2.45, 2.75) is 19.3 Å². The lowest BCUT2D eigenvalue weighted by atomic mass is 9.97. The molecule has 0 saturated carbocycles. The van der Waals surface area contributed by atoms with E-state index in [1.807, 2.05) is 0 Å². The first-order valence-electron chi connectivity index (χ1n) is 5.12. The third-order valence-electron chi connectivity index (χ3n) is 2.26. The van der Waals surface area contributed by atoms with Crippen LogP contribution in [0.4, 0.5) is 4.39 Å². The second kappa shape index (κ2) is 6.39. The molecule has 5 heteroatoms. The molecule has 17 heavy (non-hydrogen) atoms. The molecule has 0 amide bonds. The fourth-order valence-corrected chi connectivity index (χ4v) is 2.12. The number of carbonyl (C=O) groups is 2. The Morgan fingerprint density at radius 1 is 1.47 bits per heavy atom. The molecular weight excluding hydrogens is 243 g/mol. The summed E-state index contributed by atoms with van der Waals surface area (Å²) in [5.41, 5.74) is 0.432. The Labute approximate surface area is 103 Å². The fourth-order valence-electron chi connectivity index (χ4n) is 1.48. The largest absolute Gasteiger partial charge is 0.481 e. The number of carboxylic acid groups (broad SMARTS) is 1. The van der Waals surface area contributed by atoms with Gasteiger partial charge >= 0.3 is 5.97 Å². The predicted molar refractivity (Wildman–Crippen MR) is 64.5 cm³/mol. The molecule has 0 radical (unpaired) electrons. The van der Waals surface area contributed by atoms with Crippen LogP contribution in [0.15, 0.2) is 24.3 Å². The van der Waals surface area contributed by atoms with E-state index < -0.39 is 17.7 Å². The summed E-state index contributed by atoms with van der Waals surface area (Å²) >= 11 is 1.08. The first kappa shape index (κ1) is 13.7. The van der Waals surface area contributed by atoms with E-state index in [1.165, 1.54) is 25.1 Å². The van der Waals surface area contributed by atoms with Gasteiger partial charge in [-0.05, 0) is 24.1 Å². The topological polar surface area (TPSA) is 54.4 Å². The smallest absolute Gasteiger partial charge is 0.311 e. The molecule has 0 fully saturated rings. The van der Waals surface area contributed by atoms with E-state index in [4.69, 9.17) is 5.11 Å². The maximum Gasteiger partial charge on any atom is 0.311 e. The molecule has 0 bridgehead atoms. The Balaban J connectivity index is 2.72. The Morgan fingerprint density at radius 2 is 2.18 bits per heavy atom. The van der Waals surface area contributed by atoms with E-state index in [2.05, 4.69) is 0 Å². The van der Waals surface area contributed by atoms with Gasteiger partial charge in [-0.3, -0.25) is 9.59 Å². The summed E-state index contributed by atoms with van der Waals surface area (Å²) < 4.78 is 13.0. The van der Waals surface area contributed by atoms with Gasteiger partial charge in [0.05, 0.1) is 5.92 Å². The number of carbonyl (C=O) groups excluding carboxylic acids is 1. The zero-order chi connectivity index (χ0) is 12.8. The average Bonchev–Trinajstić information content (AvgIpc) is 2.23. The molecule has 0 aliphatic carbocycles. The Morgan fingerprint density at radius 3 is 2.71 bits per heavy atom. The van der Waals surface area contributed by atoms with Gasteiger partial charge in [-0.25, -0.2) is 4.39 Å². The zero-order valence-corrected chi connectivity index (χ0v) is 10.2. The van der Waals surface area contributed by atoms with Crippen LogP contribution in [0.1, 0.15) is 24.8 Å². The van der Waals surface area contributed by atoms with Gasteiger partial charge in [0, 0.05) is 12.7 Å². The molecule has 1 atom stereocenters. The molecule has 1 N–H and O–H groups in total. The van der Waals surface area contributed by atoms with Crippen LogP contribution in [0.25, 0.3) is 0 Å². The number of halogens is 1. The molecule has 0 aromatic heterocycles. The lowest BCUT2D eigenvalue weighted by Gasteiger charge is -2.11. The fraction of sp³-hybridized carbons (Fsp3) is 0.333. The Kier molecular flexibility index (Phi) is 5.15. The first-order chi connectivity index (χ1) is 8.00. The minimum absolute atomic E-state index is 0.0478. The van der Waals surface area contributed by atoms with Crippen molar-refractivity contribution >= 4 is 22.8 Å². The van der Waals surface area contributed by atoms with Crippen molar-refractivity contribution in [3.8, 4) is 0 Å². The maximum atomic E-state index is 13.0. The van der Waals surface area contributed by atoms with E-state index in [1.54, 1.807) is 6.07 Å². The minimum Gasteiger partial charge on any atom is -0.481 e. The Hall–Kier alpha value is -1.36. The molecule has 3 nitrogen and oxygen atoms in total. The van der Waals surface area contributed by atoms with Crippen LogP contribution in [0, 0.1) is 5.82 Å². The van der Waals surface area contributed by atoms with Crippen LogP contribution in [-0.2, 0) is 9.59 Å². The molecular formula is C12H13FO3S. The van der Waals surface area contributed by atoms with Gasteiger partial charge < -0.3 is 5.11 Å². The minimum atomic E-state index is -1.00. The second-order valence-corrected chi connectivity index (χ2v) is 4.85. The quantitative estimate of drug-likeness (QED) is 0.880. The van der Waals surface area contributed by atoms with E-state index in [0.29, 0.717) is 17.7 Å². The highest BCUT2D eigenvalue weighted by atomic mass is 32.2. The van der Waals surface area contributed by atoms with E-state index in [-0.39, 0.29) is 5.12 Å². The summed E-state index contributed by atoms with van der Waals surface area (Å²) in [5.74, 6) is -1.80. The number of hydrogen-bond donors (Lipinski definition) is 1. The van der Waals surface area contributed by atoms with Crippen molar-refractivity contribution in [1.29, 1.82) is 0 Å². The van der Waals surface area contributed by atoms with E-state index in [0.717, 1.165) is 11.8 Å². The second-order valence-electron chi connectivity index (χ2n) is 3.57. The highest BCUT2D eigenvalue weighted by molar-refractivity contribution is 8.13. The van der Waals surface area contributed by atoms with E-state index in [9.17, 15) is 14.0 Å². The van der Waals surface area contributed by atoms with Crippen molar-refractivity contribution in [3.05, 3.63) is 35.6 Å². The number of benzene rings is 1. The van der Waals surface area contributed by atoms with Gasteiger partial charge in [0.15, 0.2) is 5.12 Å². The van der Waals surface area contributed by atoms with Gasteiger partial charge in [0.25, 0.3) is 0 Å². The molecule has 1 rings (SSSR count). The monoisotopic (exact) mass is 256 g/mol. The SMILES string of the molecule is CC(=O)SCCC(C(=O)O)c1cccc(F)c1. The summed E-state index contributed by atoms with van der Waals surface area (Å²) in [5, 5.41) is 9.02. The normalized spacial score (nSPS) is 12.1. The summed E-state index contributed by atoms with van der Waals surface area (Å²) in [6.45, 7) is 1.43. The average molecular weight is 256 g/mol. The summed E-state index contributed by atoms with van der Waals surface area (Å²) in [4.78, 5) is 21.8. The number of aliphatic carboxylic acids is 1. The predicted octanol–water partition coefficient (Wildman–Crippen LogP) is 2.66. The summed E-state index contributed by atoms with van der Waals surface area (Å²) in [6.07, 6.45) is 0.309. The van der Waals surface area contributed by atoms with Gasteiger partial charge in [-0.15, -0.1) is 0 Å². The van der Waals surface area contributed by atoms with Crippen molar-refractivity contribution in [3.63, 3.8) is 0 Å². The van der Waals surface area contributed by atoms with Crippen molar-refractivity contribution in [1.82, 2.24) is 0 Å². The molecule has 92 valence electrons. The van der Waals surface area contributed by atoms with Gasteiger partial charge in [0.1, 0.15) is 5.82 Å². The van der Waals surface area contributed by atoms with Crippen LogP contribution in [0.5, 0.6) is 0 Å². The summed E-state index contributed by atoms with van der Waals surface area (Å²) in [7, 11) is 0. The van der Waals surface area contributed by atoms with Gasteiger partial charge in [-0.1, -0.05) is 23.9 Å². The van der Waals surface area contributed by atoms with Crippen LogP contribution in [-0.4, -0.2) is 21.9 Å². The third kappa shape index (κ3) is 4.56. The lowest BCUT2D eigenvalue weighted by Crippen LogP contribution is -2.13. The molecule has 0 saturated heterocycles. The third-order valence-corrected chi connectivity index (χ3v) is 3.11. The standard InChI is InChI=1S/C12H13FO3S/c1-8(14)17-6-5-11(12(15)16)9-3-2-4-10(13)7-9/h2-4,7,11H,5-6H2,1H3,(H,15,16).